The summed E-state index contributed by atoms with van der Waals surface area (Å²) in [4.78, 5) is 31.5. The van der Waals surface area contributed by atoms with E-state index < -0.39 is 5.60 Å². The first-order valence-corrected chi connectivity index (χ1v) is 7.03. The van der Waals surface area contributed by atoms with Gasteiger partial charge in [0, 0.05) is 19.0 Å². The smallest absolute Gasteiger partial charge is 0.410 e. The Bertz CT molecular complexity index is 568. The summed E-state index contributed by atoms with van der Waals surface area (Å²) in [6, 6.07) is 1.04. The van der Waals surface area contributed by atoms with Crippen LogP contribution in [0.2, 0.25) is 0 Å². The zero-order chi connectivity index (χ0) is 15.6. The maximum atomic E-state index is 12.0. The second-order valence-electron chi connectivity index (χ2n) is 6.23. The van der Waals surface area contributed by atoms with E-state index in [9.17, 15) is 14.7 Å². The molecular weight excluding hydrogens is 274 g/mol. The summed E-state index contributed by atoms with van der Waals surface area (Å²) in [5.41, 5.74) is -0.876. The molecule has 1 aliphatic heterocycles. The quantitative estimate of drug-likeness (QED) is 0.820. The number of aromatic nitrogens is 2. The van der Waals surface area contributed by atoms with E-state index in [0.29, 0.717) is 31.8 Å². The third-order valence-electron chi connectivity index (χ3n) is 3.28. The van der Waals surface area contributed by atoms with Crippen LogP contribution in [0.5, 0.6) is 5.88 Å². The molecular formula is C14H21N3O4. The lowest BCUT2D eigenvalue weighted by Crippen LogP contribution is -2.41. The number of amides is 1. The molecule has 0 radical (unpaired) electrons. The summed E-state index contributed by atoms with van der Waals surface area (Å²) in [6.07, 6.45) is 1.02. The van der Waals surface area contributed by atoms with Crippen LogP contribution in [0, 0.1) is 0 Å². The molecule has 0 bridgehead atoms. The Morgan fingerprint density at radius 2 is 2.05 bits per heavy atom. The fraction of sp³-hybridized carbons (Fsp3) is 0.643. The molecule has 1 aromatic rings. The molecule has 1 amide bonds. The Morgan fingerprint density at radius 3 is 2.57 bits per heavy atom. The summed E-state index contributed by atoms with van der Waals surface area (Å²) in [5.74, 6) is 0.232. The van der Waals surface area contributed by atoms with Gasteiger partial charge in [-0.15, -0.1) is 0 Å². The predicted octanol–water partition coefficient (Wildman–Crippen LogP) is 1.59. The van der Waals surface area contributed by atoms with Crippen LogP contribution in [0.15, 0.2) is 10.9 Å². The van der Waals surface area contributed by atoms with E-state index >= 15 is 0 Å². The van der Waals surface area contributed by atoms with Crippen molar-refractivity contribution in [3.8, 4) is 5.88 Å². The van der Waals surface area contributed by atoms with Gasteiger partial charge in [0.05, 0.1) is 6.07 Å². The Kier molecular flexibility index (Phi) is 4.20. The second-order valence-corrected chi connectivity index (χ2v) is 6.23. The molecule has 1 saturated heterocycles. The van der Waals surface area contributed by atoms with Crippen molar-refractivity contribution >= 4 is 6.09 Å². The fourth-order valence-corrected chi connectivity index (χ4v) is 2.32. The molecule has 21 heavy (non-hydrogen) atoms. The summed E-state index contributed by atoms with van der Waals surface area (Å²) in [7, 11) is 0. The normalized spacial score (nSPS) is 16.8. The monoisotopic (exact) mass is 295 g/mol. The van der Waals surface area contributed by atoms with Crippen LogP contribution in [0.4, 0.5) is 4.79 Å². The number of nitrogens with zero attached hydrogens (tertiary/aromatic N) is 2. The molecule has 1 fully saturated rings. The number of aromatic amines is 1. The van der Waals surface area contributed by atoms with Crippen molar-refractivity contribution < 1.29 is 14.6 Å². The van der Waals surface area contributed by atoms with Crippen LogP contribution >= 0.6 is 0 Å². The molecule has 0 unspecified atom stereocenters. The fourth-order valence-electron chi connectivity index (χ4n) is 2.32. The number of hydrogen-bond donors (Lipinski definition) is 2. The molecule has 2 N–H and O–H groups in total. The van der Waals surface area contributed by atoms with E-state index in [1.54, 1.807) is 4.90 Å². The van der Waals surface area contributed by atoms with Gasteiger partial charge in [-0.25, -0.2) is 9.78 Å². The van der Waals surface area contributed by atoms with Crippen molar-refractivity contribution in [2.45, 2.75) is 45.1 Å². The molecule has 7 nitrogen and oxygen atoms in total. The Hall–Kier alpha value is -2.05. The first-order valence-electron chi connectivity index (χ1n) is 7.03. The molecule has 2 heterocycles. The molecule has 116 valence electrons. The molecule has 1 aromatic heterocycles. The standard InChI is InChI=1S/C14H21N3O4/c1-14(2,3)21-13(20)17-6-4-9(5-7-17)12-15-10(18)8-11(19)16-12/h8-9H,4-7H2,1-3H3,(H2,15,16,18,19). The van der Waals surface area contributed by atoms with Crippen molar-refractivity contribution in [3.63, 3.8) is 0 Å². The summed E-state index contributed by atoms with van der Waals surface area (Å²) >= 11 is 0. The molecule has 0 spiro atoms. The molecule has 0 atom stereocenters. The van der Waals surface area contributed by atoms with Gasteiger partial charge in [-0.05, 0) is 33.6 Å². The van der Waals surface area contributed by atoms with Gasteiger partial charge < -0.3 is 19.7 Å². The number of piperidine rings is 1. The lowest BCUT2D eigenvalue weighted by Gasteiger charge is -2.33. The van der Waals surface area contributed by atoms with Crippen molar-refractivity contribution in [2.75, 3.05) is 13.1 Å². The SMILES string of the molecule is CC(C)(C)OC(=O)N1CCC(c2nc(O)cc(=O)[nH]2)CC1. The van der Waals surface area contributed by atoms with E-state index in [-0.39, 0.29) is 23.5 Å². The third-order valence-corrected chi connectivity index (χ3v) is 3.28. The maximum Gasteiger partial charge on any atom is 0.410 e. The van der Waals surface area contributed by atoms with Gasteiger partial charge in [-0.1, -0.05) is 0 Å². The van der Waals surface area contributed by atoms with Gasteiger partial charge in [0.25, 0.3) is 5.56 Å². The summed E-state index contributed by atoms with van der Waals surface area (Å²) < 4.78 is 5.33. The highest BCUT2D eigenvalue weighted by Gasteiger charge is 2.28. The first-order chi connectivity index (χ1) is 9.74. The molecule has 0 saturated carbocycles. The van der Waals surface area contributed by atoms with Crippen LogP contribution < -0.4 is 5.56 Å². The lowest BCUT2D eigenvalue weighted by atomic mass is 9.96. The average molecular weight is 295 g/mol. The van der Waals surface area contributed by atoms with E-state index in [4.69, 9.17) is 4.74 Å². The molecule has 0 aromatic carbocycles. The van der Waals surface area contributed by atoms with Gasteiger partial charge in [0.2, 0.25) is 5.88 Å². The number of carbonyl (C=O) groups excluding carboxylic acids is 1. The average Bonchev–Trinajstić information content (AvgIpc) is 2.35. The van der Waals surface area contributed by atoms with E-state index in [1.807, 2.05) is 20.8 Å². The van der Waals surface area contributed by atoms with E-state index in [1.165, 1.54) is 0 Å². The largest absolute Gasteiger partial charge is 0.493 e. The predicted molar refractivity (Wildman–Crippen MR) is 76.3 cm³/mol. The Morgan fingerprint density at radius 1 is 1.43 bits per heavy atom. The molecule has 1 aliphatic rings. The van der Waals surface area contributed by atoms with Crippen molar-refractivity contribution in [2.24, 2.45) is 0 Å². The number of H-pyrrole nitrogens is 1. The van der Waals surface area contributed by atoms with Crippen LogP contribution in [0.25, 0.3) is 0 Å². The second kappa shape index (κ2) is 5.75. The first kappa shape index (κ1) is 15.3. The zero-order valence-corrected chi connectivity index (χ0v) is 12.5. The highest BCUT2D eigenvalue weighted by molar-refractivity contribution is 5.68. The zero-order valence-electron chi connectivity index (χ0n) is 12.5. The highest BCUT2D eigenvalue weighted by Crippen LogP contribution is 2.26. The summed E-state index contributed by atoms with van der Waals surface area (Å²) in [5, 5.41) is 9.38. The van der Waals surface area contributed by atoms with Gasteiger partial charge in [0.1, 0.15) is 11.4 Å². The minimum Gasteiger partial charge on any atom is -0.493 e. The summed E-state index contributed by atoms with van der Waals surface area (Å²) in [6.45, 7) is 6.58. The Balaban J connectivity index is 1.97. The van der Waals surface area contributed by atoms with Crippen LogP contribution in [0.3, 0.4) is 0 Å². The maximum absolute atomic E-state index is 12.0. The van der Waals surface area contributed by atoms with Gasteiger partial charge in [0.15, 0.2) is 0 Å². The van der Waals surface area contributed by atoms with E-state index in [2.05, 4.69) is 9.97 Å². The number of carbonyl (C=O) groups is 1. The third kappa shape index (κ3) is 4.21. The van der Waals surface area contributed by atoms with Gasteiger partial charge in [-0.2, -0.15) is 0 Å². The minimum absolute atomic E-state index is 0.0310. The lowest BCUT2D eigenvalue weighted by molar-refractivity contribution is 0.0203. The topological polar surface area (TPSA) is 95.5 Å². The number of rotatable bonds is 1. The van der Waals surface area contributed by atoms with Crippen molar-refractivity contribution in [1.29, 1.82) is 0 Å². The number of aromatic hydroxyl groups is 1. The van der Waals surface area contributed by atoms with Crippen molar-refractivity contribution in [3.05, 3.63) is 22.2 Å². The highest BCUT2D eigenvalue weighted by atomic mass is 16.6. The minimum atomic E-state index is -0.508. The van der Waals surface area contributed by atoms with Crippen molar-refractivity contribution in [1.82, 2.24) is 14.9 Å². The number of ether oxygens (including phenoxy) is 1. The van der Waals surface area contributed by atoms with Crippen LogP contribution in [-0.2, 0) is 4.74 Å². The number of nitrogens with one attached hydrogen (secondary N) is 1. The number of hydrogen-bond acceptors (Lipinski definition) is 5. The van der Waals surface area contributed by atoms with Crippen LogP contribution in [-0.4, -0.2) is 44.8 Å². The van der Waals surface area contributed by atoms with Gasteiger partial charge in [-0.3, -0.25) is 4.79 Å². The molecule has 7 heteroatoms. The van der Waals surface area contributed by atoms with E-state index in [0.717, 1.165) is 6.07 Å². The Labute approximate surface area is 123 Å². The van der Waals surface area contributed by atoms with Crippen LogP contribution in [0.1, 0.15) is 45.4 Å². The molecule has 2 rings (SSSR count). The van der Waals surface area contributed by atoms with Gasteiger partial charge >= 0.3 is 6.09 Å². The number of likely N-dealkylation sites (tertiary alicyclic amines) is 1. The molecule has 0 aliphatic carbocycles.